The van der Waals surface area contributed by atoms with Crippen LogP contribution in [0.1, 0.15) is 31.4 Å². The molecule has 25 heavy (non-hydrogen) atoms. The summed E-state index contributed by atoms with van der Waals surface area (Å²) < 4.78 is 11.3. The standard InChI is InChI=1S/C20H24N2O3/c1-4-12-25-18-8-6-16(13-19(18)24-5-2)7-9-20(23)22-17-14-21-11-10-15(17)3/h6-11,13-14H,4-5,12H2,1-3H3,(H,22,23)/b9-7+. The second-order valence-electron chi connectivity index (χ2n) is 5.50. The third-order valence-electron chi connectivity index (χ3n) is 3.45. The molecule has 0 aliphatic rings. The van der Waals surface area contributed by atoms with E-state index in [0.717, 1.165) is 23.3 Å². The van der Waals surface area contributed by atoms with Gasteiger partial charge in [-0.15, -0.1) is 0 Å². The van der Waals surface area contributed by atoms with E-state index < -0.39 is 0 Å². The van der Waals surface area contributed by atoms with Crippen LogP contribution < -0.4 is 14.8 Å². The van der Waals surface area contributed by atoms with Crippen LogP contribution in [0.2, 0.25) is 0 Å². The van der Waals surface area contributed by atoms with Gasteiger partial charge in [-0.1, -0.05) is 13.0 Å². The van der Waals surface area contributed by atoms with Crippen molar-refractivity contribution in [1.29, 1.82) is 0 Å². The molecule has 0 saturated carbocycles. The van der Waals surface area contributed by atoms with Gasteiger partial charge in [0.15, 0.2) is 11.5 Å². The molecule has 0 unspecified atom stereocenters. The Labute approximate surface area is 148 Å². The van der Waals surface area contributed by atoms with E-state index in [2.05, 4.69) is 17.2 Å². The summed E-state index contributed by atoms with van der Waals surface area (Å²) in [7, 11) is 0. The van der Waals surface area contributed by atoms with E-state index in [1.165, 1.54) is 6.08 Å². The minimum Gasteiger partial charge on any atom is -0.490 e. The summed E-state index contributed by atoms with van der Waals surface area (Å²) in [5.74, 6) is 1.19. The number of ether oxygens (including phenoxy) is 2. The van der Waals surface area contributed by atoms with Crippen molar-refractivity contribution in [2.24, 2.45) is 0 Å². The molecule has 132 valence electrons. The Kier molecular flexibility index (Phi) is 7.01. The van der Waals surface area contributed by atoms with E-state index >= 15 is 0 Å². The Bertz CT molecular complexity index is 741. The SMILES string of the molecule is CCCOc1ccc(/C=C/C(=O)Nc2cnccc2C)cc1OCC. The molecule has 0 spiro atoms. The molecule has 0 saturated heterocycles. The van der Waals surface area contributed by atoms with Crippen LogP contribution in [-0.2, 0) is 4.79 Å². The van der Waals surface area contributed by atoms with Gasteiger partial charge in [-0.3, -0.25) is 9.78 Å². The van der Waals surface area contributed by atoms with Gasteiger partial charge < -0.3 is 14.8 Å². The van der Waals surface area contributed by atoms with Gasteiger partial charge in [-0.2, -0.15) is 0 Å². The van der Waals surface area contributed by atoms with Gasteiger partial charge in [0.1, 0.15) is 0 Å². The topological polar surface area (TPSA) is 60.5 Å². The molecule has 2 rings (SSSR count). The highest BCUT2D eigenvalue weighted by Gasteiger charge is 2.06. The van der Waals surface area contributed by atoms with Crippen LogP contribution in [0.15, 0.2) is 42.7 Å². The molecule has 0 atom stereocenters. The Morgan fingerprint density at radius 2 is 2.04 bits per heavy atom. The monoisotopic (exact) mass is 340 g/mol. The lowest BCUT2D eigenvalue weighted by molar-refractivity contribution is -0.111. The zero-order valence-electron chi connectivity index (χ0n) is 14.9. The number of hydrogen-bond acceptors (Lipinski definition) is 4. The first kappa shape index (κ1) is 18.5. The van der Waals surface area contributed by atoms with Crippen LogP contribution in [0.5, 0.6) is 11.5 Å². The molecule has 1 heterocycles. The van der Waals surface area contributed by atoms with Gasteiger partial charge in [0.2, 0.25) is 5.91 Å². The molecule has 1 aromatic carbocycles. The highest BCUT2D eigenvalue weighted by Crippen LogP contribution is 2.29. The van der Waals surface area contributed by atoms with E-state index in [1.54, 1.807) is 18.5 Å². The van der Waals surface area contributed by atoms with Crippen LogP contribution in [0.4, 0.5) is 5.69 Å². The molecule has 5 nitrogen and oxygen atoms in total. The van der Waals surface area contributed by atoms with Crippen molar-refractivity contribution in [3.8, 4) is 11.5 Å². The third-order valence-corrected chi connectivity index (χ3v) is 3.45. The minimum absolute atomic E-state index is 0.208. The maximum absolute atomic E-state index is 12.1. The van der Waals surface area contributed by atoms with Crippen molar-refractivity contribution in [2.75, 3.05) is 18.5 Å². The van der Waals surface area contributed by atoms with E-state index in [-0.39, 0.29) is 5.91 Å². The first-order valence-electron chi connectivity index (χ1n) is 8.43. The van der Waals surface area contributed by atoms with Crippen LogP contribution in [0.3, 0.4) is 0 Å². The molecular weight excluding hydrogens is 316 g/mol. The lowest BCUT2D eigenvalue weighted by Gasteiger charge is -2.12. The van der Waals surface area contributed by atoms with Crippen molar-refractivity contribution in [2.45, 2.75) is 27.2 Å². The van der Waals surface area contributed by atoms with Crippen molar-refractivity contribution in [3.05, 3.63) is 53.9 Å². The van der Waals surface area contributed by atoms with Crippen molar-refractivity contribution in [1.82, 2.24) is 4.98 Å². The van der Waals surface area contributed by atoms with Crippen LogP contribution in [0, 0.1) is 6.92 Å². The maximum Gasteiger partial charge on any atom is 0.248 e. The zero-order valence-corrected chi connectivity index (χ0v) is 14.9. The average molecular weight is 340 g/mol. The molecule has 1 N–H and O–H groups in total. The summed E-state index contributed by atoms with van der Waals surface area (Å²) in [4.78, 5) is 16.1. The maximum atomic E-state index is 12.1. The number of pyridine rings is 1. The number of hydrogen-bond donors (Lipinski definition) is 1. The number of amides is 1. The number of benzene rings is 1. The van der Waals surface area contributed by atoms with Gasteiger partial charge in [0.05, 0.1) is 25.1 Å². The molecular formula is C20H24N2O3. The first-order chi connectivity index (χ1) is 12.1. The third kappa shape index (κ3) is 5.64. The Balaban J connectivity index is 2.07. The van der Waals surface area contributed by atoms with Gasteiger partial charge in [0, 0.05) is 12.3 Å². The number of carbonyl (C=O) groups is 1. The Morgan fingerprint density at radius 1 is 1.20 bits per heavy atom. The van der Waals surface area contributed by atoms with Crippen LogP contribution in [-0.4, -0.2) is 24.1 Å². The second-order valence-corrected chi connectivity index (χ2v) is 5.50. The normalized spacial score (nSPS) is 10.7. The van der Waals surface area contributed by atoms with Crippen molar-refractivity contribution >= 4 is 17.7 Å². The van der Waals surface area contributed by atoms with Crippen molar-refractivity contribution < 1.29 is 14.3 Å². The molecule has 0 fully saturated rings. The number of anilines is 1. The van der Waals surface area contributed by atoms with E-state index in [4.69, 9.17) is 9.47 Å². The van der Waals surface area contributed by atoms with Crippen LogP contribution in [0.25, 0.3) is 6.08 Å². The van der Waals surface area contributed by atoms with Gasteiger partial charge in [-0.05, 0) is 55.7 Å². The highest BCUT2D eigenvalue weighted by atomic mass is 16.5. The number of aromatic nitrogens is 1. The zero-order chi connectivity index (χ0) is 18.1. The van der Waals surface area contributed by atoms with E-state index in [0.29, 0.717) is 24.7 Å². The Hall–Kier alpha value is -2.82. The number of carbonyl (C=O) groups excluding carboxylic acids is 1. The molecule has 0 radical (unpaired) electrons. The molecule has 1 aromatic heterocycles. The summed E-state index contributed by atoms with van der Waals surface area (Å²) in [5, 5.41) is 2.82. The molecule has 0 bridgehead atoms. The van der Waals surface area contributed by atoms with Crippen LogP contribution >= 0.6 is 0 Å². The molecule has 1 amide bonds. The molecule has 0 aliphatic heterocycles. The largest absolute Gasteiger partial charge is 0.490 e. The second kappa shape index (κ2) is 9.47. The first-order valence-corrected chi connectivity index (χ1v) is 8.43. The summed E-state index contributed by atoms with van der Waals surface area (Å²) in [5.41, 5.74) is 2.54. The molecule has 5 heteroatoms. The summed E-state index contributed by atoms with van der Waals surface area (Å²) in [6.07, 6.45) is 7.49. The summed E-state index contributed by atoms with van der Waals surface area (Å²) in [6.45, 7) is 7.10. The lowest BCUT2D eigenvalue weighted by atomic mass is 10.2. The molecule has 0 aliphatic carbocycles. The van der Waals surface area contributed by atoms with Crippen molar-refractivity contribution in [3.63, 3.8) is 0 Å². The van der Waals surface area contributed by atoms with Gasteiger partial charge >= 0.3 is 0 Å². The Morgan fingerprint density at radius 3 is 2.76 bits per heavy atom. The summed E-state index contributed by atoms with van der Waals surface area (Å²) in [6, 6.07) is 7.48. The predicted octanol–water partition coefficient (Wildman–Crippen LogP) is 4.23. The smallest absolute Gasteiger partial charge is 0.248 e. The fraction of sp³-hybridized carbons (Fsp3) is 0.300. The number of nitrogens with one attached hydrogen (secondary N) is 1. The average Bonchev–Trinajstić information content (AvgIpc) is 2.61. The van der Waals surface area contributed by atoms with E-state index in [1.807, 2.05) is 38.1 Å². The number of nitrogens with zero attached hydrogens (tertiary/aromatic N) is 1. The highest BCUT2D eigenvalue weighted by molar-refractivity contribution is 6.02. The van der Waals surface area contributed by atoms with E-state index in [9.17, 15) is 4.79 Å². The summed E-state index contributed by atoms with van der Waals surface area (Å²) >= 11 is 0. The fourth-order valence-electron chi connectivity index (χ4n) is 2.17. The number of aryl methyl sites for hydroxylation is 1. The minimum atomic E-state index is -0.208. The van der Waals surface area contributed by atoms with Gasteiger partial charge in [-0.25, -0.2) is 0 Å². The molecule has 2 aromatic rings. The predicted molar refractivity (Wildman–Crippen MR) is 100 cm³/mol. The fourth-order valence-corrected chi connectivity index (χ4v) is 2.17. The number of rotatable bonds is 8. The van der Waals surface area contributed by atoms with Gasteiger partial charge in [0.25, 0.3) is 0 Å². The quantitative estimate of drug-likeness (QED) is 0.731. The lowest BCUT2D eigenvalue weighted by Crippen LogP contribution is -2.09.